The van der Waals surface area contributed by atoms with E-state index in [0.29, 0.717) is 18.6 Å². The van der Waals surface area contributed by atoms with Crippen LogP contribution < -0.4 is 10.5 Å². The quantitative estimate of drug-likeness (QED) is 0.599. The molecular weight excluding hydrogens is 322 g/mol. The number of ether oxygens (including phenoxy) is 2. The fourth-order valence-corrected chi connectivity index (χ4v) is 6.99. The van der Waals surface area contributed by atoms with E-state index < -0.39 is 0 Å². The third-order valence-electron chi connectivity index (χ3n) is 7.94. The number of fused-ring (bicyclic) bond motifs is 9. The molecule has 3 heteroatoms. The average molecular weight is 356 g/mol. The second kappa shape index (κ2) is 6.53. The van der Waals surface area contributed by atoms with Gasteiger partial charge in [-0.2, -0.15) is 0 Å². The summed E-state index contributed by atoms with van der Waals surface area (Å²) in [4.78, 5) is 0. The lowest BCUT2D eigenvalue weighted by Crippen LogP contribution is -2.40. The van der Waals surface area contributed by atoms with Gasteiger partial charge in [0.25, 0.3) is 0 Å². The molecule has 0 spiro atoms. The van der Waals surface area contributed by atoms with Crippen LogP contribution in [0.1, 0.15) is 51.5 Å². The zero-order valence-electron chi connectivity index (χ0n) is 16.1. The third-order valence-corrected chi connectivity index (χ3v) is 7.94. The Bertz CT molecular complexity index is 642. The van der Waals surface area contributed by atoms with Crippen LogP contribution >= 0.6 is 0 Å². The van der Waals surface area contributed by atoms with E-state index >= 15 is 0 Å². The van der Waals surface area contributed by atoms with Crippen molar-refractivity contribution in [2.75, 3.05) is 0 Å². The van der Waals surface area contributed by atoms with E-state index in [2.05, 4.69) is 13.8 Å². The summed E-state index contributed by atoms with van der Waals surface area (Å²) in [6, 6.07) is 8.13. The van der Waals surface area contributed by atoms with Gasteiger partial charge in [0.1, 0.15) is 5.75 Å². The lowest BCUT2D eigenvalue weighted by Gasteiger charge is -2.40. The van der Waals surface area contributed by atoms with Crippen LogP contribution in [0.15, 0.2) is 24.3 Å². The summed E-state index contributed by atoms with van der Waals surface area (Å²) < 4.78 is 12.9. The second-order valence-electron chi connectivity index (χ2n) is 9.64. The Kier molecular flexibility index (Phi) is 4.28. The lowest BCUT2D eigenvalue weighted by atomic mass is 9.70. The minimum absolute atomic E-state index is 0.153. The lowest BCUT2D eigenvalue weighted by molar-refractivity contribution is -0.166. The zero-order valence-corrected chi connectivity index (χ0v) is 16.1. The second-order valence-corrected chi connectivity index (χ2v) is 9.64. The number of nitrogens with two attached hydrogens (primary N) is 1. The summed E-state index contributed by atoms with van der Waals surface area (Å²) in [5, 5.41) is 0. The minimum atomic E-state index is -0.153. The monoisotopic (exact) mass is 355 g/mol. The number of hydrogen-bond acceptors (Lipinski definition) is 3. The smallest absolute Gasteiger partial charge is 0.202 e. The van der Waals surface area contributed by atoms with E-state index in [1.807, 2.05) is 24.3 Å². The van der Waals surface area contributed by atoms with Crippen molar-refractivity contribution in [2.45, 2.75) is 64.9 Å². The Morgan fingerprint density at radius 1 is 0.962 bits per heavy atom. The Hall–Kier alpha value is -1.06. The van der Waals surface area contributed by atoms with Gasteiger partial charge in [-0.3, -0.25) is 0 Å². The highest BCUT2D eigenvalue weighted by Crippen LogP contribution is 2.67. The normalized spacial score (nSPS) is 41.0. The van der Waals surface area contributed by atoms with E-state index in [-0.39, 0.29) is 6.29 Å². The van der Waals surface area contributed by atoms with Crippen LogP contribution in [0.25, 0.3) is 0 Å². The molecular formula is C23H33NO2. The molecule has 0 heterocycles. The van der Waals surface area contributed by atoms with Gasteiger partial charge in [-0.15, -0.1) is 0 Å². The molecule has 4 aliphatic rings. The molecule has 1 aromatic rings. The topological polar surface area (TPSA) is 44.5 Å². The summed E-state index contributed by atoms with van der Waals surface area (Å²) in [5.41, 5.74) is 6.83. The van der Waals surface area contributed by atoms with Crippen molar-refractivity contribution in [1.82, 2.24) is 0 Å². The molecule has 4 aliphatic carbocycles. The predicted octanol–water partition coefficient (Wildman–Crippen LogP) is 4.59. The molecule has 4 saturated carbocycles. The molecule has 3 nitrogen and oxygen atoms in total. The van der Waals surface area contributed by atoms with Gasteiger partial charge in [-0.1, -0.05) is 26.0 Å². The van der Waals surface area contributed by atoms with Crippen LogP contribution in [0, 0.1) is 41.4 Å². The first kappa shape index (κ1) is 17.1. The maximum Gasteiger partial charge on any atom is 0.202 e. The highest BCUT2D eigenvalue weighted by Gasteiger charge is 2.62. The molecule has 2 N–H and O–H groups in total. The fourth-order valence-electron chi connectivity index (χ4n) is 6.99. The summed E-state index contributed by atoms with van der Waals surface area (Å²) in [7, 11) is 0. The van der Waals surface area contributed by atoms with Crippen LogP contribution in [-0.2, 0) is 11.3 Å². The van der Waals surface area contributed by atoms with Gasteiger partial charge in [-0.05, 0) is 85.3 Å². The average Bonchev–Trinajstić information content (AvgIpc) is 3.40. The molecule has 0 aromatic heterocycles. The van der Waals surface area contributed by atoms with Crippen LogP contribution in [0.2, 0.25) is 0 Å². The fraction of sp³-hybridized carbons (Fsp3) is 0.739. The number of benzene rings is 1. The minimum Gasteiger partial charge on any atom is -0.465 e. The van der Waals surface area contributed by atoms with E-state index in [1.54, 1.807) is 0 Å². The highest BCUT2D eigenvalue weighted by molar-refractivity contribution is 5.27. The maximum atomic E-state index is 6.64. The Balaban J connectivity index is 1.26. The van der Waals surface area contributed by atoms with Crippen molar-refractivity contribution >= 4 is 0 Å². The molecule has 0 radical (unpaired) electrons. The molecule has 26 heavy (non-hydrogen) atoms. The standard InChI is InChI=1S/C23H33NO2/c1-13(2)23(25-18-7-3-14(12-24)4-8-18)26-20-11-17-10-19(20)22-16-6-5-15(9-16)21(17)22/h3-4,7-8,13,15-17,19-23H,5-6,9-12,24H2,1-2H3. The maximum absolute atomic E-state index is 6.64. The summed E-state index contributed by atoms with van der Waals surface area (Å²) >= 11 is 0. The molecule has 0 saturated heterocycles. The molecule has 4 fully saturated rings. The van der Waals surface area contributed by atoms with Gasteiger partial charge >= 0.3 is 0 Å². The SMILES string of the molecule is CC(C)C(Oc1ccc(CN)cc1)OC1CC2CC1C1C3CCC(C3)C21. The highest BCUT2D eigenvalue weighted by atomic mass is 16.7. The molecule has 0 amide bonds. The first-order valence-corrected chi connectivity index (χ1v) is 10.7. The third kappa shape index (κ3) is 2.70. The van der Waals surface area contributed by atoms with E-state index in [4.69, 9.17) is 15.2 Å². The molecule has 142 valence electrons. The molecule has 5 rings (SSSR count). The van der Waals surface area contributed by atoms with Crippen LogP contribution in [-0.4, -0.2) is 12.4 Å². The van der Waals surface area contributed by atoms with Crippen molar-refractivity contribution in [1.29, 1.82) is 0 Å². The van der Waals surface area contributed by atoms with Gasteiger partial charge in [0, 0.05) is 12.5 Å². The summed E-state index contributed by atoms with van der Waals surface area (Å²) in [6.07, 6.45) is 7.47. The summed E-state index contributed by atoms with van der Waals surface area (Å²) in [6.45, 7) is 4.97. The van der Waals surface area contributed by atoms with Crippen molar-refractivity contribution in [3.63, 3.8) is 0 Å². The van der Waals surface area contributed by atoms with Gasteiger partial charge in [0.05, 0.1) is 6.10 Å². The van der Waals surface area contributed by atoms with E-state index in [0.717, 1.165) is 46.8 Å². The molecule has 4 bridgehead atoms. The zero-order chi connectivity index (χ0) is 17.8. The van der Waals surface area contributed by atoms with E-state index in [9.17, 15) is 0 Å². The molecule has 1 aromatic carbocycles. The van der Waals surface area contributed by atoms with Crippen LogP contribution in [0.5, 0.6) is 5.75 Å². The largest absolute Gasteiger partial charge is 0.465 e. The van der Waals surface area contributed by atoms with Crippen molar-refractivity contribution in [2.24, 2.45) is 47.2 Å². The predicted molar refractivity (Wildman–Crippen MR) is 102 cm³/mol. The summed E-state index contributed by atoms with van der Waals surface area (Å²) in [5.74, 6) is 7.04. The number of rotatable bonds is 6. The molecule has 0 aliphatic heterocycles. The van der Waals surface area contributed by atoms with Crippen LogP contribution in [0.4, 0.5) is 0 Å². The van der Waals surface area contributed by atoms with Gasteiger partial charge in [0.15, 0.2) is 0 Å². The first-order chi connectivity index (χ1) is 12.6. The van der Waals surface area contributed by atoms with Crippen molar-refractivity contribution < 1.29 is 9.47 Å². The van der Waals surface area contributed by atoms with E-state index in [1.165, 1.54) is 32.1 Å². The first-order valence-electron chi connectivity index (χ1n) is 10.7. The Labute approximate surface area is 157 Å². The number of hydrogen-bond donors (Lipinski definition) is 1. The van der Waals surface area contributed by atoms with Gasteiger partial charge in [-0.25, -0.2) is 0 Å². The van der Waals surface area contributed by atoms with Gasteiger partial charge in [0.2, 0.25) is 6.29 Å². The molecule has 8 atom stereocenters. The van der Waals surface area contributed by atoms with Crippen molar-refractivity contribution in [3.8, 4) is 5.75 Å². The Morgan fingerprint density at radius 3 is 2.38 bits per heavy atom. The van der Waals surface area contributed by atoms with Crippen molar-refractivity contribution in [3.05, 3.63) is 29.8 Å². The Morgan fingerprint density at radius 2 is 1.69 bits per heavy atom. The molecule has 8 unspecified atom stereocenters. The van der Waals surface area contributed by atoms with Gasteiger partial charge < -0.3 is 15.2 Å². The van der Waals surface area contributed by atoms with Crippen LogP contribution in [0.3, 0.4) is 0 Å².